The van der Waals surface area contributed by atoms with Gasteiger partial charge >= 0.3 is 0 Å². The number of hydrogen-bond donors (Lipinski definition) is 2. The molecule has 5 heteroatoms. The van der Waals surface area contributed by atoms with Gasteiger partial charge in [-0.05, 0) is 30.3 Å². The van der Waals surface area contributed by atoms with E-state index in [2.05, 4.69) is 10.6 Å². The maximum absolute atomic E-state index is 13.4. The first-order valence-corrected chi connectivity index (χ1v) is 8.39. The summed E-state index contributed by atoms with van der Waals surface area (Å²) in [6.45, 7) is 0. The third-order valence-corrected chi connectivity index (χ3v) is 4.92. The summed E-state index contributed by atoms with van der Waals surface area (Å²) in [7, 11) is 0. The number of hydrogen-bond acceptors (Lipinski definition) is 3. The van der Waals surface area contributed by atoms with Crippen LogP contribution in [-0.2, 0) is 10.5 Å². The zero-order valence-electron chi connectivity index (χ0n) is 13.8. The van der Waals surface area contributed by atoms with Crippen LogP contribution in [-0.4, -0.2) is 11.8 Å². The molecule has 126 valence electrons. The molecule has 0 radical (unpaired) electrons. The highest BCUT2D eigenvalue weighted by Crippen LogP contribution is 2.46. The fourth-order valence-electron chi connectivity index (χ4n) is 3.78. The van der Waals surface area contributed by atoms with Crippen LogP contribution in [0, 0.1) is 0 Å². The summed E-state index contributed by atoms with van der Waals surface area (Å²) in [5, 5.41) is 6.26. The van der Waals surface area contributed by atoms with Gasteiger partial charge in [0.05, 0.1) is 5.56 Å². The SMILES string of the molecule is O=C1c2ccccc2NC2(C(=O)Nc3ccccc32)N1c1ccccc1. The molecule has 1 atom stereocenters. The number of rotatable bonds is 1. The maximum atomic E-state index is 13.4. The summed E-state index contributed by atoms with van der Waals surface area (Å²) in [6, 6.07) is 24.0. The smallest absolute Gasteiger partial charge is 0.276 e. The summed E-state index contributed by atoms with van der Waals surface area (Å²) >= 11 is 0. The van der Waals surface area contributed by atoms with Gasteiger partial charge < -0.3 is 10.6 Å². The molecule has 1 spiro atoms. The molecule has 2 amide bonds. The highest BCUT2D eigenvalue weighted by molar-refractivity contribution is 6.21. The van der Waals surface area contributed by atoms with Crippen LogP contribution in [0.4, 0.5) is 17.1 Å². The molecule has 5 nitrogen and oxygen atoms in total. The van der Waals surface area contributed by atoms with Gasteiger partial charge in [-0.1, -0.05) is 48.5 Å². The minimum atomic E-state index is -1.32. The Balaban J connectivity index is 1.83. The molecule has 0 fully saturated rings. The molecule has 2 aliphatic heterocycles. The molecule has 0 aromatic heterocycles. The third-order valence-electron chi connectivity index (χ3n) is 4.92. The zero-order valence-corrected chi connectivity index (χ0v) is 13.8. The Kier molecular flexibility index (Phi) is 2.94. The normalized spacial score (nSPS) is 20.4. The Labute approximate surface area is 150 Å². The molecular formula is C21H15N3O2. The summed E-state index contributed by atoms with van der Waals surface area (Å²) < 4.78 is 0. The minimum Gasteiger partial charge on any atom is -0.350 e. The second-order valence-electron chi connectivity index (χ2n) is 6.36. The first-order chi connectivity index (χ1) is 12.7. The highest BCUT2D eigenvalue weighted by atomic mass is 16.2. The summed E-state index contributed by atoms with van der Waals surface area (Å²) in [5.41, 5.74) is 1.97. The van der Waals surface area contributed by atoms with E-state index < -0.39 is 5.66 Å². The number of benzene rings is 3. The predicted molar refractivity (Wildman–Crippen MR) is 100 cm³/mol. The van der Waals surface area contributed by atoms with Crippen molar-refractivity contribution >= 4 is 28.9 Å². The van der Waals surface area contributed by atoms with Crippen LogP contribution in [0.1, 0.15) is 15.9 Å². The molecule has 0 saturated carbocycles. The van der Waals surface area contributed by atoms with Crippen molar-refractivity contribution in [2.45, 2.75) is 5.66 Å². The second kappa shape index (κ2) is 5.20. The Morgan fingerprint density at radius 2 is 1.38 bits per heavy atom. The molecule has 0 bridgehead atoms. The lowest BCUT2D eigenvalue weighted by atomic mass is 9.92. The second-order valence-corrected chi connectivity index (χ2v) is 6.36. The number of carbonyl (C=O) groups is 2. The Morgan fingerprint density at radius 3 is 2.19 bits per heavy atom. The van der Waals surface area contributed by atoms with E-state index in [9.17, 15) is 9.59 Å². The summed E-state index contributed by atoms with van der Waals surface area (Å²) in [6.07, 6.45) is 0. The van der Waals surface area contributed by atoms with Gasteiger partial charge in [0.15, 0.2) is 0 Å². The van der Waals surface area contributed by atoms with Crippen molar-refractivity contribution < 1.29 is 9.59 Å². The molecular weight excluding hydrogens is 326 g/mol. The van der Waals surface area contributed by atoms with Gasteiger partial charge in [0.25, 0.3) is 11.8 Å². The number of para-hydroxylation sites is 3. The Hall–Kier alpha value is -3.60. The van der Waals surface area contributed by atoms with Gasteiger partial charge in [-0.25, -0.2) is 0 Å². The van der Waals surface area contributed by atoms with Gasteiger partial charge in [0.1, 0.15) is 0 Å². The van der Waals surface area contributed by atoms with E-state index in [1.165, 1.54) is 0 Å². The van der Waals surface area contributed by atoms with Gasteiger partial charge in [0.2, 0.25) is 5.66 Å². The van der Waals surface area contributed by atoms with Crippen molar-refractivity contribution in [1.82, 2.24) is 0 Å². The molecule has 3 aromatic rings. The largest absolute Gasteiger partial charge is 0.350 e. The lowest BCUT2D eigenvalue weighted by molar-refractivity contribution is -0.119. The molecule has 0 saturated heterocycles. The zero-order chi connectivity index (χ0) is 17.7. The lowest BCUT2D eigenvalue weighted by Crippen LogP contribution is -2.61. The number of nitrogens with zero attached hydrogens (tertiary/aromatic N) is 1. The Morgan fingerprint density at radius 1 is 0.731 bits per heavy atom. The van der Waals surface area contributed by atoms with E-state index >= 15 is 0 Å². The monoisotopic (exact) mass is 341 g/mol. The van der Waals surface area contributed by atoms with E-state index in [1.807, 2.05) is 72.8 Å². The quantitative estimate of drug-likeness (QED) is 0.711. The van der Waals surface area contributed by atoms with Crippen LogP contribution in [0.5, 0.6) is 0 Å². The topological polar surface area (TPSA) is 61.4 Å². The molecule has 1 unspecified atom stereocenters. The van der Waals surface area contributed by atoms with Crippen molar-refractivity contribution in [2.24, 2.45) is 0 Å². The van der Waals surface area contributed by atoms with E-state index in [0.717, 1.165) is 5.56 Å². The van der Waals surface area contributed by atoms with Gasteiger partial charge in [0, 0.05) is 22.6 Å². The molecule has 2 aliphatic rings. The van der Waals surface area contributed by atoms with Gasteiger partial charge in [-0.2, -0.15) is 0 Å². The van der Waals surface area contributed by atoms with E-state index in [-0.39, 0.29) is 11.8 Å². The molecule has 2 N–H and O–H groups in total. The molecule has 26 heavy (non-hydrogen) atoms. The Bertz CT molecular complexity index is 1050. The van der Waals surface area contributed by atoms with Crippen molar-refractivity contribution in [1.29, 1.82) is 0 Å². The third kappa shape index (κ3) is 1.80. The minimum absolute atomic E-state index is 0.211. The average molecular weight is 341 g/mol. The van der Waals surface area contributed by atoms with Crippen LogP contribution in [0.15, 0.2) is 78.9 Å². The number of nitrogens with one attached hydrogen (secondary N) is 2. The number of fused-ring (bicyclic) bond motifs is 3. The van der Waals surface area contributed by atoms with Gasteiger partial charge in [-0.15, -0.1) is 0 Å². The summed E-state index contributed by atoms with van der Waals surface area (Å²) in [4.78, 5) is 28.2. The van der Waals surface area contributed by atoms with Crippen LogP contribution >= 0.6 is 0 Å². The molecule has 0 aliphatic carbocycles. The van der Waals surface area contributed by atoms with Crippen LogP contribution in [0.25, 0.3) is 0 Å². The van der Waals surface area contributed by atoms with E-state index in [0.29, 0.717) is 22.6 Å². The van der Waals surface area contributed by atoms with Crippen molar-refractivity contribution in [3.05, 3.63) is 90.0 Å². The van der Waals surface area contributed by atoms with Crippen LogP contribution in [0.3, 0.4) is 0 Å². The van der Waals surface area contributed by atoms with Crippen molar-refractivity contribution in [3.8, 4) is 0 Å². The predicted octanol–water partition coefficient (Wildman–Crippen LogP) is 3.56. The lowest BCUT2D eigenvalue weighted by Gasteiger charge is -2.44. The standard InChI is InChI=1S/C21H15N3O2/c25-19-15-10-4-6-12-17(15)23-21(24(19)14-8-2-1-3-9-14)16-11-5-7-13-18(16)22-20(21)26/h1-13,23H,(H,22,26). The summed E-state index contributed by atoms with van der Waals surface area (Å²) in [5.74, 6) is -0.484. The molecule has 2 heterocycles. The van der Waals surface area contributed by atoms with Crippen LogP contribution < -0.4 is 15.5 Å². The fraction of sp³-hybridized carbons (Fsp3) is 0.0476. The first kappa shape index (κ1) is 14.7. The van der Waals surface area contributed by atoms with E-state index in [1.54, 1.807) is 11.0 Å². The number of amides is 2. The maximum Gasteiger partial charge on any atom is 0.276 e. The van der Waals surface area contributed by atoms with Crippen LogP contribution in [0.2, 0.25) is 0 Å². The number of anilines is 3. The first-order valence-electron chi connectivity index (χ1n) is 8.39. The molecule has 5 rings (SSSR count). The van der Waals surface area contributed by atoms with Crippen molar-refractivity contribution in [3.63, 3.8) is 0 Å². The van der Waals surface area contributed by atoms with E-state index in [4.69, 9.17) is 0 Å². The molecule has 3 aromatic carbocycles. The highest BCUT2D eigenvalue weighted by Gasteiger charge is 2.56. The van der Waals surface area contributed by atoms with Crippen molar-refractivity contribution in [2.75, 3.05) is 15.5 Å². The van der Waals surface area contributed by atoms with Gasteiger partial charge in [-0.3, -0.25) is 14.5 Å². The average Bonchev–Trinajstić information content (AvgIpc) is 2.95. The number of carbonyl (C=O) groups excluding carboxylic acids is 2. The fourth-order valence-corrected chi connectivity index (χ4v) is 3.78.